The molecule has 1 rings (SSSR count). The van der Waals surface area contributed by atoms with E-state index in [9.17, 15) is 0 Å². The molecule has 0 amide bonds. The third-order valence-electron chi connectivity index (χ3n) is 1.91. The Hall–Kier alpha value is -0.780. The topological polar surface area (TPSA) is 12.0 Å². The van der Waals surface area contributed by atoms with Crippen LogP contribution in [0.15, 0.2) is 17.5 Å². The van der Waals surface area contributed by atoms with Crippen molar-refractivity contribution in [2.24, 2.45) is 0 Å². The van der Waals surface area contributed by atoms with Crippen molar-refractivity contribution < 1.29 is 0 Å². The Morgan fingerprint density at radius 2 is 2.46 bits per heavy atom. The molecule has 13 heavy (non-hydrogen) atoms. The van der Waals surface area contributed by atoms with Gasteiger partial charge in [0.05, 0.1) is 6.54 Å². The Morgan fingerprint density at radius 3 is 3.00 bits per heavy atom. The summed E-state index contributed by atoms with van der Waals surface area (Å²) in [6, 6.07) is 4.74. The van der Waals surface area contributed by atoms with E-state index in [-0.39, 0.29) is 0 Å². The lowest BCUT2D eigenvalue weighted by atomic mass is 10.2. The van der Waals surface area contributed by atoms with Gasteiger partial charge in [-0.25, -0.2) is 0 Å². The van der Waals surface area contributed by atoms with Crippen LogP contribution in [0.1, 0.15) is 31.2 Å². The van der Waals surface area contributed by atoms with Crippen LogP contribution in [0.25, 0.3) is 0 Å². The molecule has 0 spiro atoms. The second-order valence-corrected chi connectivity index (χ2v) is 3.76. The van der Waals surface area contributed by atoms with Crippen molar-refractivity contribution in [2.75, 3.05) is 6.54 Å². The van der Waals surface area contributed by atoms with Crippen molar-refractivity contribution in [3.05, 3.63) is 22.4 Å². The van der Waals surface area contributed by atoms with Gasteiger partial charge in [-0.15, -0.1) is 17.3 Å². The largest absolute Gasteiger partial charge is 0.299 e. The first-order chi connectivity index (χ1) is 6.38. The molecular weight excluding hydrogens is 178 g/mol. The van der Waals surface area contributed by atoms with Crippen LogP contribution in [-0.4, -0.2) is 6.54 Å². The highest BCUT2D eigenvalue weighted by Crippen LogP contribution is 2.20. The second-order valence-electron chi connectivity index (χ2n) is 2.78. The third-order valence-corrected chi connectivity index (χ3v) is 2.89. The molecule has 0 aliphatic rings. The van der Waals surface area contributed by atoms with E-state index in [0.717, 1.165) is 13.0 Å². The summed E-state index contributed by atoms with van der Waals surface area (Å²) in [7, 11) is 0. The monoisotopic (exact) mass is 193 g/mol. The predicted octanol–water partition coefficient (Wildman–Crippen LogP) is 2.81. The van der Waals surface area contributed by atoms with Crippen molar-refractivity contribution in [1.82, 2.24) is 5.32 Å². The number of thiophene rings is 1. The summed E-state index contributed by atoms with van der Waals surface area (Å²) in [6.45, 7) is 4.84. The highest BCUT2D eigenvalue weighted by Gasteiger charge is 2.07. The minimum absolute atomic E-state index is 0.473. The summed E-state index contributed by atoms with van der Waals surface area (Å²) in [5.74, 6) is 5.90. The third kappa shape index (κ3) is 3.22. The first-order valence-electron chi connectivity index (χ1n) is 4.54. The van der Waals surface area contributed by atoms with Crippen LogP contribution in [0.3, 0.4) is 0 Å². The Morgan fingerprint density at radius 1 is 1.62 bits per heavy atom. The summed E-state index contributed by atoms with van der Waals surface area (Å²) in [5, 5.41) is 5.53. The number of hydrogen-bond acceptors (Lipinski definition) is 2. The smallest absolute Gasteiger partial charge is 0.0581 e. The second kappa shape index (κ2) is 5.80. The summed E-state index contributed by atoms with van der Waals surface area (Å²) < 4.78 is 0. The predicted molar refractivity (Wildman–Crippen MR) is 58.8 cm³/mol. The average Bonchev–Trinajstić information content (AvgIpc) is 2.65. The number of hydrogen-bond donors (Lipinski definition) is 1. The molecule has 0 fully saturated rings. The van der Waals surface area contributed by atoms with Crippen LogP contribution < -0.4 is 5.32 Å². The highest BCUT2D eigenvalue weighted by atomic mass is 32.1. The molecule has 2 heteroatoms. The van der Waals surface area contributed by atoms with Gasteiger partial charge in [-0.1, -0.05) is 18.9 Å². The molecule has 0 aliphatic heterocycles. The van der Waals surface area contributed by atoms with E-state index in [1.165, 1.54) is 4.88 Å². The lowest BCUT2D eigenvalue weighted by Crippen LogP contribution is -2.19. The molecule has 1 aromatic rings. The normalized spacial score (nSPS) is 11.8. The molecule has 0 saturated heterocycles. The molecule has 0 saturated carbocycles. The van der Waals surface area contributed by atoms with Gasteiger partial charge in [0, 0.05) is 10.9 Å². The molecule has 1 nitrogen and oxygen atoms in total. The van der Waals surface area contributed by atoms with Crippen LogP contribution in [0.2, 0.25) is 0 Å². The van der Waals surface area contributed by atoms with Gasteiger partial charge in [0.1, 0.15) is 0 Å². The summed E-state index contributed by atoms with van der Waals surface area (Å²) >= 11 is 1.80. The molecule has 0 radical (unpaired) electrons. The number of rotatable bonds is 4. The molecule has 0 aliphatic carbocycles. The van der Waals surface area contributed by atoms with Crippen LogP contribution in [0.4, 0.5) is 0 Å². The van der Waals surface area contributed by atoms with E-state index < -0.39 is 0 Å². The van der Waals surface area contributed by atoms with E-state index in [1.54, 1.807) is 11.3 Å². The Labute approximate surface area is 84.2 Å². The zero-order valence-electron chi connectivity index (χ0n) is 8.13. The standard InChI is InChI=1S/C11H15NS/c1-3-5-8-12-10(4-2)11-7-6-9-13-11/h6-7,9-10,12H,4,8H2,1-2H3. The van der Waals surface area contributed by atoms with Gasteiger partial charge in [0.2, 0.25) is 0 Å². The van der Waals surface area contributed by atoms with Gasteiger partial charge in [0.15, 0.2) is 0 Å². The first kappa shape index (κ1) is 10.3. The van der Waals surface area contributed by atoms with Gasteiger partial charge in [-0.05, 0) is 24.8 Å². The average molecular weight is 193 g/mol. The summed E-state index contributed by atoms with van der Waals surface area (Å²) in [6.07, 6.45) is 1.12. The zero-order chi connectivity index (χ0) is 9.52. The molecule has 1 atom stereocenters. The Bertz CT molecular complexity index is 279. The van der Waals surface area contributed by atoms with E-state index in [0.29, 0.717) is 6.04 Å². The van der Waals surface area contributed by atoms with Gasteiger partial charge in [-0.2, -0.15) is 0 Å². The molecule has 0 aromatic carbocycles. The van der Waals surface area contributed by atoms with Gasteiger partial charge < -0.3 is 0 Å². The van der Waals surface area contributed by atoms with Crippen molar-refractivity contribution in [3.8, 4) is 11.8 Å². The van der Waals surface area contributed by atoms with Crippen LogP contribution in [0.5, 0.6) is 0 Å². The minimum Gasteiger partial charge on any atom is -0.299 e. The lowest BCUT2D eigenvalue weighted by molar-refractivity contribution is 0.564. The summed E-state index contributed by atoms with van der Waals surface area (Å²) in [4.78, 5) is 1.40. The van der Waals surface area contributed by atoms with E-state index in [1.807, 2.05) is 6.92 Å². The van der Waals surface area contributed by atoms with Gasteiger partial charge in [-0.3, -0.25) is 5.32 Å². The van der Waals surface area contributed by atoms with E-state index >= 15 is 0 Å². The maximum Gasteiger partial charge on any atom is 0.0581 e. The summed E-state index contributed by atoms with van der Waals surface area (Å²) in [5.41, 5.74) is 0. The minimum atomic E-state index is 0.473. The Kier molecular flexibility index (Phi) is 4.59. The van der Waals surface area contributed by atoms with Crippen molar-refractivity contribution in [2.45, 2.75) is 26.3 Å². The Balaban J connectivity index is 2.47. The fraction of sp³-hybridized carbons (Fsp3) is 0.455. The van der Waals surface area contributed by atoms with Crippen LogP contribution in [-0.2, 0) is 0 Å². The SMILES string of the molecule is CC#CCNC(CC)c1cccs1. The van der Waals surface area contributed by atoms with Crippen molar-refractivity contribution >= 4 is 11.3 Å². The molecule has 1 unspecified atom stereocenters. The fourth-order valence-electron chi connectivity index (χ4n) is 1.20. The maximum absolute atomic E-state index is 3.41. The maximum atomic E-state index is 3.41. The molecule has 1 N–H and O–H groups in total. The first-order valence-corrected chi connectivity index (χ1v) is 5.42. The molecule has 70 valence electrons. The van der Waals surface area contributed by atoms with Crippen molar-refractivity contribution in [1.29, 1.82) is 0 Å². The van der Waals surface area contributed by atoms with Crippen molar-refractivity contribution in [3.63, 3.8) is 0 Å². The van der Waals surface area contributed by atoms with Crippen LogP contribution >= 0.6 is 11.3 Å². The quantitative estimate of drug-likeness (QED) is 0.725. The van der Waals surface area contributed by atoms with E-state index in [4.69, 9.17) is 0 Å². The molecule has 0 bridgehead atoms. The van der Waals surface area contributed by atoms with Crippen LogP contribution in [0, 0.1) is 11.8 Å². The van der Waals surface area contributed by atoms with Gasteiger partial charge in [0.25, 0.3) is 0 Å². The lowest BCUT2D eigenvalue weighted by Gasteiger charge is -2.12. The van der Waals surface area contributed by atoms with E-state index in [2.05, 4.69) is 41.6 Å². The zero-order valence-corrected chi connectivity index (χ0v) is 8.95. The highest BCUT2D eigenvalue weighted by molar-refractivity contribution is 7.10. The molecule has 1 heterocycles. The fourth-order valence-corrected chi connectivity index (χ4v) is 2.08. The molecular formula is C11H15NS. The molecule has 1 aromatic heterocycles. The number of nitrogens with one attached hydrogen (secondary N) is 1. The van der Waals surface area contributed by atoms with Gasteiger partial charge >= 0.3 is 0 Å².